The molecule has 0 aromatic heterocycles. The van der Waals surface area contributed by atoms with Gasteiger partial charge in [-0.1, -0.05) is 5.18 Å². The van der Waals surface area contributed by atoms with Gasteiger partial charge in [0, 0.05) is 0 Å². The Morgan fingerprint density at radius 2 is 2.00 bits per heavy atom. The Labute approximate surface area is 63.3 Å². The first-order valence-corrected chi connectivity index (χ1v) is 3.56. The molecule has 1 N–H and O–H groups in total. The van der Waals surface area contributed by atoms with Gasteiger partial charge in [-0.25, -0.2) is 0 Å². The maximum Gasteiger partial charge on any atom is 0.144 e. The molecule has 0 aliphatic carbocycles. The Morgan fingerprint density at radius 3 is 2.73 bits per heavy atom. The van der Waals surface area contributed by atoms with Gasteiger partial charge in [0.15, 0.2) is 0 Å². The molecule has 0 radical (unpaired) electrons. The fourth-order valence-electron chi connectivity index (χ4n) is 1.55. The van der Waals surface area contributed by atoms with Gasteiger partial charge in [-0.2, -0.15) is 4.91 Å². The Kier molecular flexibility index (Phi) is 1.63. The van der Waals surface area contributed by atoms with E-state index in [2.05, 4.69) is 5.18 Å². The second-order valence-electron chi connectivity index (χ2n) is 2.84. The summed E-state index contributed by atoms with van der Waals surface area (Å²) in [6, 6.07) is -0.433. The molecule has 0 spiro atoms. The molecule has 5 heteroatoms. The number of ether oxygens (including phenoxy) is 2. The molecule has 1 unspecified atom stereocenters. The van der Waals surface area contributed by atoms with Crippen molar-refractivity contribution in [1.29, 1.82) is 0 Å². The highest BCUT2D eigenvalue weighted by Gasteiger charge is 2.47. The minimum Gasteiger partial charge on any atom is -0.388 e. The van der Waals surface area contributed by atoms with Crippen molar-refractivity contribution in [3.05, 3.63) is 4.91 Å². The first-order chi connectivity index (χ1) is 5.33. The highest BCUT2D eigenvalue weighted by Crippen LogP contribution is 2.28. The van der Waals surface area contributed by atoms with E-state index in [-0.39, 0.29) is 25.4 Å². The van der Waals surface area contributed by atoms with E-state index in [1.54, 1.807) is 0 Å². The predicted octanol–water partition coefficient (Wildman–Crippen LogP) is -0.720. The molecule has 2 aliphatic heterocycles. The lowest BCUT2D eigenvalue weighted by Gasteiger charge is -2.08. The van der Waals surface area contributed by atoms with E-state index in [0.717, 1.165) is 0 Å². The minimum absolute atomic E-state index is 0.251. The van der Waals surface area contributed by atoms with Crippen LogP contribution in [-0.4, -0.2) is 42.7 Å². The number of fused-ring (bicyclic) bond motifs is 1. The third-order valence-electron chi connectivity index (χ3n) is 2.14. The number of aliphatic hydroxyl groups is 1. The van der Waals surface area contributed by atoms with E-state index < -0.39 is 12.1 Å². The smallest absolute Gasteiger partial charge is 0.144 e. The standard InChI is InChI=1S/C6H9NO4/c8-4-2-11-5-3(7-9)1-10-6(4)5/h3-6,8H,1-2H2/t3-,4-,5?,6-/m1/s1. The number of hydrogen-bond donors (Lipinski definition) is 1. The number of hydrogen-bond acceptors (Lipinski definition) is 5. The molecule has 5 nitrogen and oxygen atoms in total. The van der Waals surface area contributed by atoms with Crippen LogP contribution in [0, 0.1) is 4.91 Å². The summed E-state index contributed by atoms with van der Waals surface area (Å²) in [7, 11) is 0. The SMILES string of the molecule is O=N[C@@H]1CO[C@H]2C1OC[C@H]2O. The molecular weight excluding hydrogens is 150 g/mol. The fourth-order valence-corrected chi connectivity index (χ4v) is 1.55. The summed E-state index contributed by atoms with van der Waals surface area (Å²) >= 11 is 0. The van der Waals surface area contributed by atoms with Crippen LogP contribution in [0.1, 0.15) is 0 Å². The summed E-state index contributed by atoms with van der Waals surface area (Å²) in [5.41, 5.74) is 0. The van der Waals surface area contributed by atoms with Crippen molar-refractivity contribution in [3.63, 3.8) is 0 Å². The van der Waals surface area contributed by atoms with Crippen molar-refractivity contribution in [2.24, 2.45) is 5.18 Å². The second-order valence-corrected chi connectivity index (χ2v) is 2.84. The van der Waals surface area contributed by atoms with Crippen LogP contribution in [0.2, 0.25) is 0 Å². The highest BCUT2D eigenvalue weighted by atomic mass is 16.6. The summed E-state index contributed by atoms with van der Waals surface area (Å²) in [6.45, 7) is 0.525. The monoisotopic (exact) mass is 159 g/mol. The van der Waals surface area contributed by atoms with Gasteiger partial charge in [-0.05, 0) is 0 Å². The Morgan fingerprint density at radius 1 is 1.27 bits per heavy atom. The topological polar surface area (TPSA) is 68.1 Å². The first kappa shape index (κ1) is 7.15. The zero-order valence-corrected chi connectivity index (χ0v) is 5.84. The molecule has 2 rings (SSSR count). The Hall–Kier alpha value is -0.520. The maximum absolute atomic E-state index is 10.2. The van der Waals surface area contributed by atoms with E-state index in [9.17, 15) is 10.0 Å². The van der Waals surface area contributed by atoms with Gasteiger partial charge in [-0.15, -0.1) is 0 Å². The van der Waals surface area contributed by atoms with Crippen molar-refractivity contribution < 1.29 is 14.6 Å². The van der Waals surface area contributed by atoms with Crippen molar-refractivity contribution >= 4 is 0 Å². The van der Waals surface area contributed by atoms with Crippen molar-refractivity contribution in [1.82, 2.24) is 0 Å². The quantitative estimate of drug-likeness (QED) is 0.512. The largest absolute Gasteiger partial charge is 0.388 e. The second kappa shape index (κ2) is 2.51. The average Bonchev–Trinajstić information content (AvgIpc) is 2.53. The van der Waals surface area contributed by atoms with Crippen LogP contribution in [0.4, 0.5) is 0 Å². The van der Waals surface area contributed by atoms with Crippen molar-refractivity contribution in [2.75, 3.05) is 13.2 Å². The van der Waals surface area contributed by atoms with Gasteiger partial charge in [0.1, 0.15) is 24.4 Å². The molecule has 4 atom stereocenters. The van der Waals surface area contributed by atoms with E-state index in [1.807, 2.05) is 0 Å². The van der Waals surface area contributed by atoms with E-state index in [1.165, 1.54) is 0 Å². The molecule has 2 aliphatic rings. The number of aliphatic hydroxyl groups excluding tert-OH is 1. The molecule has 2 heterocycles. The lowest BCUT2D eigenvalue weighted by atomic mass is 10.1. The van der Waals surface area contributed by atoms with Gasteiger partial charge in [0.2, 0.25) is 0 Å². The molecule has 0 aromatic rings. The van der Waals surface area contributed by atoms with Crippen molar-refractivity contribution in [3.8, 4) is 0 Å². The molecule has 0 bridgehead atoms. The third kappa shape index (κ3) is 0.962. The first-order valence-electron chi connectivity index (χ1n) is 3.56. The zero-order valence-electron chi connectivity index (χ0n) is 5.84. The number of nitroso groups, excluding NO2 is 1. The van der Waals surface area contributed by atoms with Crippen LogP contribution in [-0.2, 0) is 9.47 Å². The number of nitrogens with zero attached hydrogens (tertiary/aromatic N) is 1. The number of rotatable bonds is 1. The summed E-state index contributed by atoms with van der Waals surface area (Å²) in [6.07, 6.45) is -1.24. The lowest BCUT2D eigenvalue weighted by molar-refractivity contribution is 0.0182. The van der Waals surface area contributed by atoms with Crippen LogP contribution >= 0.6 is 0 Å². The maximum atomic E-state index is 10.2. The Balaban J connectivity index is 2.10. The summed E-state index contributed by atoms with van der Waals surface area (Å²) < 4.78 is 10.2. The molecule has 62 valence electrons. The summed E-state index contributed by atoms with van der Waals surface area (Å²) in [5.74, 6) is 0. The molecule has 2 fully saturated rings. The van der Waals surface area contributed by atoms with Gasteiger partial charge >= 0.3 is 0 Å². The van der Waals surface area contributed by atoms with Crippen LogP contribution < -0.4 is 0 Å². The van der Waals surface area contributed by atoms with Crippen molar-refractivity contribution in [2.45, 2.75) is 24.4 Å². The molecule has 11 heavy (non-hydrogen) atoms. The molecular formula is C6H9NO4. The van der Waals surface area contributed by atoms with E-state index in [4.69, 9.17) is 9.47 Å². The normalized spacial score (nSPS) is 49.2. The van der Waals surface area contributed by atoms with Crippen LogP contribution in [0.3, 0.4) is 0 Å². The molecule has 0 amide bonds. The summed E-state index contributed by atoms with van der Waals surface area (Å²) in [4.78, 5) is 10.2. The minimum atomic E-state index is -0.591. The van der Waals surface area contributed by atoms with Gasteiger partial charge in [-0.3, -0.25) is 0 Å². The van der Waals surface area contributed by atoms with Crippen LogP contribution in [0.25, 0.3) is 0 Å². The van der Waals surface area contributed by atoms with E-state index in [0.29, 0.717) is 0 Å². The van der Waals surface area contributed by atoms with Gasteiger partial charge < -0.3 is 14.6 Å². The Bertz CT molecular complexity index is 174. The molecule has 0 aromatic carbocycles. The lowest BCUT2D eigenvalue weighted by Crippen LogP contribution is -2.30. The van der Waals surface area contributed by atoms with E-state index >= 15 is 0 Å². The highest BCUT2D eigenvalue weighted by molar-refractivity contribution is 4.97. The molecule has 0 saturated carbocycles. The van der Waals surface area contributed by atoms with Gasteiger partial charge in [0.05, 0.1) is 13.2 Å². The predicted molar refractivity (Wildman–Crippen MR) is 35.1 cm³/mol. The fraction of sp³-hybridized carbons (Fsp3) is 1.00. The van der Waals surface area contributed by atoms with Crippen LogP contribution in [0.15, 0.2) is 5.18 Å². The third-order valence-corrected chi connectivity index (χ3v) is 2.14. The van der Waals surface area contributed by atoms with Gasteiger partial charge in [0.25, 0.3) is 0 Å². The van der Waals surface area contributed by atoms with Crippen LogP contribution in [0.5, 0.6) is 0 Å². The molecule has 2 saturated heterocycles. The zero-order chi connectivity index (χ0) is 7.84. The summed E-state index contributed by atoms with van der Waals surface area (Å²) in [5, 5.41) is 12.1. The average molecular weight is 159 g/mol.